The summed E-state index contributed by atoms with van der Waals surface area (Å²) in [4.78, 5) is 27.3. The second kappa shape index (κ2) is 10.2. The summed E-state index contributed by atoms with van der Waals surface area (Å²) in [5.74, 6) is 0.0283. The third kappa shape index (κ3) is 7.54. The van der Waals surface area contributed by atoms with Crippen LogP contribution in [0.4, 0.5) is 0 Å². The van der Waals surface area contributed by atoms with Gasteiger partial charge >= 0.3 is 0 Å². The Hall–Kier alpha value is -2.16. The van der Waals surface area contributed by atoms with Crippen LogP contribution in [0.1, 0.15) is 19.4 Å². The van der Waals surface area contributed by atoms with Crippen LogP contribution in [0.5, 0.6) is 5.75 Å². The first-order valence-electron chi connectivity index (χ1n) is 9.24. The second-order valence-electron chi connectivity index (χ2n) is 7.10. The predicted molar refractivity (Wildman–Crippen MR) is 102 cm³/mol. The van der Waals surface area contributed by atoms with Crippen molar-refractivity contribution in [3.05, 3.63) is 29.8 Å². The third-order valence-electron chi connectivity index (χ3n) is 4.51. The molecular weight excluding hydrogens is 348 g/mol. The molecule has 1 aromatic carbocycles. The summed E-state index contributed by atoms with van der Waals surface area (Å²) in [5.41, 5.74) is 5.99. The molecule has 0 bridgehead atoms. The molecule has 150 valence electrons. The van der Waals surface area contributed by atoms with E-state index in [0.29, 0.717) is 31.4 Å². The van der Waals surface area contributed by atoms with E-state index in [1.807, 2.05) is 12.1 Å². The Balaban J connectivity index is 1.71. The van der Waals surface area contributed by atoms with E-state index >= 15 is 0 Å². The van der Waals surface area contributed by atoms with Crippen LogP contribution in [-0.2, 0) is 16.1 Å². The molecule has 0 radical (unpaired) electrons. The number of ether oxygens (including phenoxy) is 1. The molecule has 0 aromatic heterocycles. The Morgan fingerprint density at radius 2 is 2.04 bits per heavy atom. The van der Waals surface area contributed by atoms with E-state index in [0.717, 1.165) is 25.2 Å². The van der Waals surface area contributed by atoms with Gasteiger partial charge in [0.1, 0.15) is 5.75 Å². The van der Waals surface area contributed by atoms with Crippen molar-refractivity contribution < 1.29 is 19.4 Å². The Morgan fingerprint density at radius 1 is 1.33 bits per heavy atom. The van der Waals surface area contributed by atoms with E-state index in [1.165, 1.54) is 0 Å². The van der Waals surface area contributed by atoms with Gasteiger partial charge in [-0.3, -0.25) is 19.4 Å². The number of hydrogen-bond acceptors (Lipinski definition) is 6. The molecule has 8 heteroatoms. The molecule has 8 nitrogen and oxygen atoms in total. The Labute approximate surface area is 160 Å². The molecule has 0 saturated carbocycles. The number of nitrogens with two attached hydrogens (primary N) is 1. The van der Waals surface area contributed by atoms with Crippen molar-refractivity contribution in [3.63, 3.8) is 0 Å². The molecule has 0 spiro atoms. The first kappa shape index (κ1) is 21.1. The van der Waals surface area contributed by atoms with Gasteiger partial charge in [0.2, 0.25) is 5.91 Å². The largest absolute Gasteiger partial charge is 0.484 e. The summed E-state index contributed by atoms with van der Waals surface area (Å²) in [6, 6.07) is 7.48. The fraction of sp³-hybridized carbons (Fsp3) is 0.579. The number of piperazine rings is 1. The van der Waals surface area contributed by atoms with Crippen molar-refractivity contribution in [1.82, 2.24) is 15.1 Å². The highest BCUT2D eigenvalue weighted by Crippen LogP contribution is 2.12. The number of aliphatic hydroxyl groups excluding tert-OH is 1. The van der Waals surface area contributed by atoms with Gasteiger partial charge in [-0.25, -0.2) is 0 Å². The maximum Gasteiger partial charge on any atom is 0.255 e. The summed E-state index contributed by atoms with van der Waals surface area (Å²) in [5, 5.41) is 12.5. The topological polar surface area (TPSA) is 108 Å². The lowest BCUT2D eigenvalue weighted by Gasteiger charge is -2.40. The molecule has 2 amide bonds. The smallest absolute Gasteiger partial charge is 0.255 e. The second-order valence-corrected chi connectivity index (χ2v) is 7.10. The molecule has 1 heterocycles. The number of benzene rings is 1. The molecule has 2 atom stereocenters. The van der Waals surface area contributed by atoms with Crippen molar-refractivity contribution >= 4 is 11.8 Å². The van der Waals surface area contributed by atoms with E-state index in [9.17, 15) is 14.7 Å². The third-order valence-corrected chi connectivity index (χ3v) is 4.51. The van der Waals surface area contributed by atoms with E-state index in [2.05, 4.69) is 22.0 Å². The predicted octanol–water partition coefficient (Wildman–Crippen LogP) is -0.446. The quantitative estimate of drug-likeness (QED) is 0.537. The fourth-order valence-electron chi connectivity index (χ4n) is 3.14. The molecule has 1 saturated heterocycles. The van der Waals surface area contributed by atoms with E-state index in [-0.39, 0.29) is 18.6 Å². The molecule has 1 aliphatic heterocycles. The van der Waals surface area contributed by atoms with Crippen molar-refractivity contribution in [2.24, 2.45) is 5.73 Å². The molecule has 1 aromatic rings. The molecule has 0 aliphatic carbocycles. The van der Waals surface area contributed by atoms with Crippen LogP contribution < -0.4 is 15.8 Å². The van der Waals surface area contributed by atoms with Gasteiger partial charge in [-0.05, 0) is 31.5 Å². The molecule has 1 aliphatic rings. The number of amides is 2. The number of hydrogen-bond donors (Lipinski definition) is 3. The first-order chi connectivity index (χ1) is 12.8. The highest BCUT2D eigenvalue weighted by molar-refractivity contribution is 5.78. The minimum Gasteiger partial charge on any atom is -0.484 e. The highest BCUT2D eigenvalue weighted by Gasteiger charge is 2.25. The Morgan fingerprint density at radius 3 is 2.63 bits per heavy atom. The summed E-state index contributed by atoms with van der Waals surface area (Å²) >= 11 is 0. The van der Waals surface area contributed by atoms with Crippen molar-refractivity contribution in [3.8, 4) is 5.75 Å². The average molecular weight is 378 g/mol. The average Bonchev–Trinajstić information content (AvgIpc) is 2.61. The van der Waals surface area contributed by atoms with Crippen LogP contribution in [0.2, 0.25) is 0 Å². The van der Waals surface area contributed by atoms with Gasteiger partial charge in [-0.2, -0.15) is 0 Å². The number of β-amino-alcohol motifs (C(OH)–C–C–N with tert-alkyl or cyclic N) is 1. The molecule has 0 unspecified atom stereocenters. The number of nitrogens with one attached hydrogen (secondary N) is 1. The summed E-state index contributed by atoms with van der Waals surface area (Å²) in [7, 11) is 0. The maximum absolute atomic E-state index is 12.2. The Bertz CT molecular complexity index is 621. The summed E-state index contributed by atoms with van der Waals surface area (Å²) in [6.07, 6.45) is -0.338. The lowest BCUT2D eigenvalue weighted by atomic mass is 10.1. The fourth-order valence-corrected chi connectivity index (χ4v) is 3.14. The summed E-state index contributed by atoms with van der Waals surface area (Å²) < 4.78 is 5.20. The van der Waals surface area contributed by atoms with Crippen molar-refractivity contribution in [1.29, 1.82) is 0 Å². The standard InChI is InChI=1S/C19H30N4O4/c1-14-10-22(7-8-23(14)11-15(2)24)12-19(26)21-9-16-3-5-17(6-4-16)27-13-18(20)25/h3-6,14-15,24H,7-13H2,1-2H3,(H2,20,25)(H,21,26)/t14-,15+/m1/s1. The number of aliphatic hydroxyl groups is 1. The van der Waals surface area contributed by atoms with Gasteiger partial charge in [-0.15, -0.1) is 0 Å². The summed E-state index contributed by atoms with van der Waals surface area (Å²) in [6.45, 7) is 7.71. The van der Waals surface area contributed by atoms with Crippen LogP contribution in [0.15, 0.2) is 24.3 Å². The lowest BCUT2D eigenvalue weighted by Crippen LogP contribution is -2.55. The molecule has 4 N–H and O–H groups in total. The molecule has 27 heavy (non-hydrogen) atoms. The SMILES string of the molecule is C[C@H](O)CN1CCN(CC(=O)NCc2ccc(OCC(N)=O)cc2)C[C@H]1C. The maximum atomic E-state index is 12.2. The van der Waals surface area contributed by atoms with Crippen molar-refractivity contribution in [2.75, 3.05) is 39.3 Å². The normalized spacial score (nSPS) is 19.4. The van der Waals surface area contributed by atoms with Gasteiger partial charge in [0, 0.05) is 38.8 Å². The first-order valence-corrected chi connectivity index (χ1v) is 9.24. The van der Waals surface area contributed by atoms with E-state index in [1.54, 1.807) is 19.1 Å². The minimum absolute atomic E-state index is 0.0137. The number of nitrogens with zero attached hydrogens (tertiary/aromatic N) is 2. The van der Waals surface area contributed by atoms with Crippen LogP contribution in [0.3, 0.4) is 0 Å². The number of primary amides is 1. The van der Waals surface area contributed by atoms with Crippen LogP contribution in [0.25, 0.3) is 0 Å². The lowest BCUT2D eigenvalue weighted by molar-refractivity contribution is -0.123. The molecule has 1 fully saturated rings. The number of carbonyl (C=O) groups excluding carboxylic acids is 2. The monoisotopic (exact) mass is 378 g/mol. The van der Waals surface area contributed by atoms with Crippen LogP contribution in [0, 0.1) is 0 Å². The van der Waals surface area contributed by atoms with Gasteiger partial charge in [0.05, 0.1) is 12.6 Å². The number of rotatable bonds is 9. The van der Waals surface area contributed by atoms with E-state index < -0.39 is 5.91 Å². The zero-order valence-electron chi connectivity index (χ0n) is 16.1. The zero-order chi connectivity index (χ0) is 19.8. The highest BCUT2D eigenvalue weighted by atomic mass is 16.5. The zero-order valence-corrected chi connectivity index (χ0v) is 16.1. The molecular formula is C19H30N4O4. The van der Waals surface area contributed by atoms with Crippen LogP contribution in [-0.4, -0.2) is 78.2 Å². The van der Waals surface area contributed by atoms with Crippen molar-refractivity contribution in [2.45, 2.75) is 32.5 Å². The van der Waals surface area contributed by atoms with Gasteiger partial charge in [0.25, 0.3) is 5.91 Å². The number of carbonyl (C=O) groups is 2. The molecule has 2 rings (SSSR count). The Kier molecular flexibility index (Phi) is 8.02. The van der Waals surface area contributed by atoms with Gasteiger partial charge in [-0.1, -0.05) is 12.1 Å². The van der Waals surface area contributed by atoms with E-state index in [4.69, 9.17) is 10.5 Å². The van der Waals surface area contributed by atoms with Gasteiger partial charge in [0.15, 0.2) is 6.61 Å². The minimum atomic E-state index is -0.521. The van der Waals surface area contributed by atoms with Crippen LogP contribution >= 0.6 is 0 Å². The van der Waals surface area contributed by atoms with Gasteiger partial charge < -0.3 is 20.9 Å².